The number of nitrogens with one attached hydrogen (secondary N) is 2. The van der Waals surface area contributed by atoms with Crippen molar-refractivity contribution in [2.75, 3.05) is 5.32 Å². The van der Waals surface area contributed by atoms with Crippen LogP contribution in [-0.4, -0.2) is 11.8 Å². The zero-order valence-corrected chi connectivity index (χ0v) is 18.2. The van der Waals surface area contributed by atoms with Gasteiger partial charge in [0, 0.05) is 43.0 Å². The third kappa shape index (κ3) is 4.22. The van der Waals surface area contributed by atoms with Gasteiger partial charge < -0.3 is 10.6 Å². The van der Waals surface area contributed by atoms with E-state index in [1.807, 2.05) is 0 Å². The molecular formula is C22H12BrClF4N2O2. The monoisotopic (exact) mass is 526 g/mol. The Balaban J connectivity index is 1.79. The van der Waals surface area contributed by atoms with E-state index in [0.29, 0.717) is 16.1 Å². The molecule has 3 aromatic carbocycles. The number of alkyl halides is 2. The number of rotatable bonds is 4. The summed E-state index contributed by atoms with van der Waals surface area (Å²) >= 11 is 9.47. The van der Waals surface area contributed by atoms with Crippen molar-refractivity contribution in [2.45, 2.75) is 12.5 Å². The molecule has 1 unspecified atom stereocenters. The summed E-state index contributed by atoms with van der Waals surface area (Å²) in [5.74, 6) is -2.91. The maximum absolute atomic E-state index is 13.9. The van der Waals surface area contributed by atoms with Gasteiger partial charge in [0.15, 0.2) is 0 Å². The molecule has 0 fully saturated rings. The Morgan fingerprint density at radius 2 is 1.81 bits per heavy atom. The van der Waals surface area contributed by atoms with Crippen molar-refractivity contribution in [3.63, 3.8) is 0 Å². The van der Waals surface area contributed by atoms with E-state index < -0.39 is 41.5 Å². The summed E-state index contributed by atoms with van der Waals surface area (Å²) in [6.45, 7) is 0. The molecule has 4 rings (SSSR count). The Kier molecular flexibility index (Phi) is 5.96. The van der Waals surface area contributed by atoms with Gasteiger partial charge in [-0.05, 0) is 48.5 Å². The van der Waals surface area contributed by atoms with Gasteiger partial charge in [0.1, 0.15) is 11.6 Å². The first-order valence-electron chi connectivity index (χ1n) is 9.13. The molecule has 32 heavy (non-hydrogen) atoms. The molecule has 1 atom stereocenters. The highest BCUT2D eigenvalue weighted by atomic mass is 79.9. The van der Waals surface area contributed by atoms with E-state index in [1.165, 1.54) is 24.3 Å². The van der Waals surface area contributed by atoms with E-state index in [9.17, 15) is 27.2 Å². The van der Waals surface area contributed by atoms with Crippen LogP contribution in [0.25, 0.3) is 0 Å². The summed E-state index contributed by atoms with van der Waals surface area (Å²) in [7, 11) is 0. The van der Waals surface area contributed by atoms with E-state index >= 15 is 0 Å². The average molecular weight is 528 g/mol. The molecule has 0 aliphatic carbocycles. The van der Waals surface area contributed by atoms with Gasteiger partial charge in [0.25, 0.3) is 18.2 Å². The standard InChI is InChI=1S/C22H12BrClF4N2O2/c23-11-6-15-18(19(30-22(15)32)14-8-12(25)1-2-16(14)24)17(7-11)29-21(31)10-3-9(20(27)28)4-13(26)5-10/h1-8,19-20H,(H,29,31)(H,30,32). The van der Waals surface area contributed by atoms with Crippen molar-refractivity contribution in [1.29, 1.82) is 0 Å². The molecule has 164 valence electrons. The van der Waals surface area contributed by atoms with Gasteiger partial charge in [0.05, 0.1) is 6.04 Å². The lowest BCUT2D eigenvalue weighted by atomic mass is 9.96. The van der Waals surface area contributed by atoms with E-state index in [1.54, 1.807) is 0 Å². The topological polar surface area (TPSA) is 58.2 Å². The predicted octanol–water partition coefficient (Wildman–Crippen LogP) is 6.40. The summed E-state index contributed by atoms with van der Waals surface area (Å²) in [6, 6.07) is 8.14. The molecule has 1 aliphatic heterocycles. The van der Waals surface area contributed by atoms with Crippen molar-refractivity contribution in [2.24, 2.45) is 0 Å². The molecule has 0 saturated heterocycles. The fraction of sp³-hybridized carbons (Fsp3) is 0.0909. The van der Waals surface area contributed by atoms with E-state index in [0.717, 1.165) is 18.2 Å². The fourth-order valence-corrected chi connectivity index (χ4v) is 4.22. The Hall–Kier alpha value is -2.91. The molecule has 1 heterocycles. The second-order valence-corrected chi connectivity index (χ2v) is 8.34. The van der Waals surface area contributed by atoms with Crippen LogP contribution in [0.5, 0.6) is 0 Å². The Morgan fingerprint density at radius 1 is 1.06 bits per heavy atom. The maximum Gasteiger partial charge on any atom is 0.263 e. The van der Waals surface area contributed by atoms with Crippen molar-refractivity contribution >= 4 is 45.0 Å². The number of fused-ring (bicyclic) bond motifs is 1. The number of halogens is 6. The fourth-order valence-electron chi connectivity index (χ4n) is 3.53. The molecule has 2 amide bonds. The Morgan fingerprint density at radius 3 is 2.53 bits per heavy atom. The zero-order chi connectivity index (χ0) is 23.2. The second-order valence-electron chi connectivity index (χ2n) is 7.01. The maximum atomic E-state index is 13.9. The van der Waals surface area contributed by atoms with Crippen LogP contribution in [0.15, 0.2) is 53.0 Å². The van der Waals surface area contributed by atoms with Crippen molar-refractivity contribution in [3.8, 4) is 0 Å². The SMILES string of the molecule is O=C(Nc1cc(Br)cc2c1C(c1cc(F)ccc1Cl)NC2=O)c1cc(F)cc(C(F)F)c1. The molecule has 1 aliphatic rings. The number of hydrogen-bond acceptors (Lipinski definition) is 2. The van der Waals surface area contributed by atoms with Crippen molar-refractivity contribution in [1.82, 2.24) is 5.32 Å². The van der Waals surface area contributed by atoms with E-state index in [4.69, 9.17) is 11.6 Å². The van der Waals surface area contributed by atoms with Gasteiger partial charge in [-0.3, -0.25) is 9.59 Å². The first-order valence-corrected chi connectivity index (χ1v) is 10.3. The van der Waals surface area contributed by atoms with Crippen LogP contribution in [0.2, 0.25) is 5.02 Å². The number of carbonyl (C=O) groups excluding carboxylic acids is 2. The molecule has 0 radical (unpaired) electrons. The molecule has 0 aromatic heterocycles. The van der Waals surface area contributed by atoms with Crippen molar-refractivity contribution in [3.05, 3.63) is 97.5 Å². The van der Waals surface area contributed by atoms with E-state index in [-0.39, 0.29) is 27.4 Å². The highest BCUT2D eigenvalue weighted by Gasteiger charge is 2.34. The first kappa shape index (κ1) is 22.3. The third-order valence-corrected chi connectivity index (χ3v) is 5.71. The summed E-state index contributed by atoms with van der Waals surface area (Å²) in [4.78, 5) is 25.3. The third-order valence-electron chi connectivity index (χ3n) is 4.91. The van der Waals surface area contributed by atoms with Crippen LogP contribution in [0.4, 0.5) is 23.2 Å². The van der Waals surface area contributed by atoms with Crippen LogP contribution in [-0.2, 0) is 0 Å². The second kappa shape index (κ2) is 8.55. The largest absolute Gasteiger partial charge is 0.341 e. The Labute approximate surface area is 192 Å². The van der Waals surface area contributed by atoms with Gasteiger partial charge in [-0.15, -0.1) is 0 Å². The minimum absolute atomic E-state index is 0.144. The van der Waals surface area contributed by atoms with E-state index in [2.05, 4.69) is 26.6 Å². The number of anilines is 1. The molecule has 4 nitrogen and oxygen atoms in total. The van der Waals surface area contributed by atoms with Gasteiger partial charge in [-0.25, -0.2) is 17.6 Å². The molecule has 0 spiro atoms. The summed E-state index contributed by atoms with van der Waals surface area (Å²) < 4.78 is 54.1. The summed E-state index contributed by atoms with van der Waals surface area (Å²) in [6.07, 6.45) is -2.96. The summed E-state index contributed by atoms with van der Waals surface area (Å²) in [5, 5.41) is 5.42. The molecule has 2 N–H and O–H groups in total. The molecule has 0 bridgehead atoms. The zero-order valence-electron chi connectivity index (χ0n) is 15.9. The first-order chi connectivity index (χ1) is 15.1. The lowest BCUT2D eigenvalue weighted by Gasteiger charge is -2.18. The number of benzene rings is 3. The highest BCUT2D eigenvalue weighted by molar-refractivity contribution is 9.10. The Bertz CT molecular complexity index is 1270. The number of hydrogen-bond donors (Lipinski definition) is 2. The van der Waals surface area contributed by atoms with Crippen molar-refractivity contribution < 1.29 is 27.2 Å². The molecule has 0 saturated carbocycles. The minimum atomic E-state index is -2.96. The van der Waals surface area contributed by atoms with Crippen LogP contribution >= 0.6 is 27.5 Å². The van der Waals surface area contributed by atoms with Gasteiger partial charge in [0.2, 0.25) is 0 Å². The van der Waals surface area contributed by atoms with Crippen LogP contribution in [0.1, 0.15) is 49.9 Å². The quantitative estimate of drug-likeness (QED) is 0.386. The van der Waals surface area contributed by atoms with Gasteiger partial charge in [-0.1, -0.05) is 27.5 Å². The smallest absolute Gasteiger partial charge is 0.263 e. The van der Waals surface area contributed by atoms with Crippen LogP contribution in [0.3, 0.4) is 0 Å². The number of amides is 2. The van der Waals surface area contributed by atoms with Gasteiger partial charge in [-0.2, -0.15) is 0 Å². The minimum Gasteiger partial charge on any atom is -0.341 e. The highest BCUT2D eigenvalue weighted by Crippen LogP contribution is 2.41. The lowest BCUT2D eigenvalue weighted by molar-refractivity contribution is 0.0959. The van der Waals surface area contributed by atoms with Gasteiger partial charge >= 0.3 is 0 Å². The number of carbonyl (C=O) groups is 2. The average Bonchev–Trinajstić information content (AvgIpc) is 3.05. The molecule has 10 heteroatoms. The van der Waals surface area contributed by atoms with Crippen LogP contribution < -0.4 is 10.6 Å². The predicted molar refractivity (Wildman–Crippen MR) is 114 cm³/mol. The summed E-state index contributed by atoms with van der Waals surface area (Å²) in [5.41, 5.74) is -0.0483. The molecular weight excluding hydrogens is 516 g/mol. The van der Waals surface area contributed by atoms with Crippen LogP contribution in [0, 0.1) is 11.6 Å². The lowest BCUT2D eigenvalue weighted by Crippen LogP contribution is -2.21. The molecule has 3 aromatic rings. The normalized spacial score (nSPS) is 15.0.